The Morgan fingerprint density at radius 2 is 2.05 bits per heavy atom. The number of hydrogen-bond acceptors (Lipinski definition) is 3. The average Bonchev–Trinajstić information content (AvgIpc) is 2.79. The largest absolute Gasteiger partial charge is 0.496 e. The molecule has 0 N–H and O–H groups in total. The molecule has 0 unspecified atom stereocenters. The van der Waals surface area contributed by atoms with Gasteiger partial charge >= 0.3 is 0 Å². The lowest BCUT2D eigenvalue weighted by Crippen LogP contribution is -2.09. The van der Waals surface area contributed by atoms with Crippen LogP contribution in [-0.2, 0) is 6.42 Å². The van der Waals surface area contributed by atoms with Gasteiger partial charge in [0.05, 0.1) is 12.7 Å². The molecule has 3 nitrogen and oxygen atoms in total. The molecule has 1 aliphatic rings. The number of fused-ring (bicyclic) bond motifs is 3. The summed E-state index contributed by atoms with van der Waals surface area (Å²) < 4.78 is 11.5. The van der Waals surface area contributed by atoms with Crippen LogP contribution in [0.5, 0.6) is 5.75 Å². The first kappa shape index (κ1) is 13.2. The second-order valence-corrected chi connectivity index (χ2v) is 5.85. The first-order chi connectivity index (χ1) is 9.54. The van der Waals surface area contributed by atoms with Crippen LogP contribution in [0.3, 0.4) is 0 Å². The van der Waals surface area contributed by atoms with E-state index in [1.54, 1.807) is 7.11 Å². The van der Waals surface area contributed by atoms with Gasteiger partial charge in [0.25, 0.3) is 0 Å². The van der Waals surface area contributed by atoms with Gasteiger partial charge in [0, 0.05) is 23.8 Å². The van der Waals surface area contributed by atoms with Crippen molar-refractivity contribution >= 4 is 16.8 Å². The summed E-state index contributed by atoms with van der Waals surface area (Å²) in [6.07, 6.45) is 2.36. The van der Waals surface area contributed by atoms with E-state index in [1.807, 2.05) is 13.0 Å². The number of aryl methyl sites for hydroxylation is 2. The second-order valence-electron chi connectivity index (χ2n) is 5.85. The second kappa shape index (κ2) is 4.65. The molecule has 1 aliphatic carbocycles. The van der Waals surface area contributed by atoms with Gasteiger partial charge in [-0.2, -0.15) is 0 Å². The first-order valence-corrected chi connectivity index (χ1v) is 7.20. The van der Waals surface area contributed by atoms with Crippen LogP contribution in [0.25, 0.3) is 11.0 Å². The topological polar surface area (TPSA) is 39.4 Å². The summed E-state index contributed by atoms with van der Waals surface area (Å²) in [6, 6.07) is 2.01. The van der Waals surface area contributed by atoms with Crippen molar-refractivity contribution in [3.05, 3.63) is 28.5 Å². The molecule has 0 saturated carbocycles. The number of Topliss-reactive ketones (excluding diaryl/α,β-unsaturated/α-hetero) is 1. The Balaban J connectivity index is 2.46. The molecule has 3 heteroatoms. The third kappa shape index (κ3) is 1.76. The number of hydrogen-bond donors (Lipinski definition) is 0. The van der Waals surface area contributed by atoms with Crippen LogP contribution in [0.1, 0.15) is 59.9 Å². The Morgan fingerprint density at radius 3 is 2.70 bits per heavy atom. The lowest BCUT2D eigenvalue weighted by Gasteiger charge is -2.16. The van der Waals surface area contributed by atoms with Gasteiger partial charge in [-0.3, -0.25) is 4.79 Å². The summed E-state index contributed by atoms with van der Waals surface area (Å²) in [5, 5.41) is 0.983. The number of rotatable bonds is 2. The van der Waals surface area contributed by atoms with Crippen LogP contribution in [0.4, 0.5) is 0 Å². The minimum absolute atomic E-state index is 0.208. The lowest BCUT2D eigenvalue weighted by atomic mass is 9.88. The van der Waals surface area contributed by atoms with Crippen molar-refractivity contribution in [3.8, 4) is 5.75 Å². The third-order valence-electron chi connectivity index (χ3n) is 4.11. The van der Waals surface area contributed by atoms with Crippen molar-refractivity contribution in [1.82, 2.24) is 0 Å². The molecule has 0 saturated heterocycles. The van der Waals surface area contributed by atoms with E-state index in [-0.39, 0.29) is 11.7 Å². The fourth-order valence-electron chi connectivity index (χ4n) is 3.22. The Morgan fingerprint density at radius 1 is 1.30 bits per heavy atom. The van der Waals surface area contributed by atoms with E-state index in [9.17, 15) is 4.79 Å². The Bertz CT molecular complexity index is 692. The van der Waals surface area contributed by atoms with E-state index in [1.165, 1.54) is 0 Å². The van der Waals surface area contributed by atoms with Crippen molar-refractivity contribution in [2.75, 3.05) is 7.11 Å². The molecular weight excluding hydrogens is 252 g/mol. The molecule has 0 amide bonds. The van der Waals surface area contributed by atoms with Gasteiger partial charge in [0.2, 0.25) is 0 Å². The van der Waals surface area contributed by atoms with Gasteiger partial charge in [-0.15, -0.1) is 0 Å². The zero-order valence-electron chi connectivity index (χ0n) is 12.5. The summed E-state index contributed by atoms with van der Waals surface area (Å²) in [6.45, 7) is 6.26. The summed E-state index contributed by atoms with van der Waals surface area (Å²) in [7, 11) is 1.68. The fraction of sp³-hybridized carbons (Fsp3) is 0.471. The average molecular weight is 272 g/mol. The number of ketones is 1. The molecule has 0 spiro atoms. The smallest absolute Gasteiger partial charge is 0.167 e. The highest BCUT2D eigenvalue weighted by Gasteiger charge is 2.29. The minimum Gasteiger partial charge on any atom is -0.496 e. The highest BCUT2D eigenvalue weighted by molar-refractivity contribution is 6.11. The summed E-state index contributed by atoms with van der Waals surface area (Å²) in [4.78, 5) is 12.3. The van der Waals surface area contributed by atoms with E-state index in [2.05, 4.69) is 13.8 Å². The number of furan rings is 1. The van der Waals surface area contributed by atoms with E-state index in [0.717, 1.165) is 52.0 Å². The molecule has 0 aliphatic heterocycles. The quantitative estimate of drug-likeness (QED) is 0.813. The van der Waals surface area contributed by atoms with Crippen molar-refractivity contribution in [2.45, 2.75) is 46.0 Å². The molecule has 20 heavy (non-hydrogen) atoms. The monoisotopic (exact) mass is 272 g/mol. The van der Waals surface area contributed by atoms with Gasteiger partial charge < -0.3 is 9.15 Å². The van der Waals surface area contributed by atoms with Crippen molar-refractivity contribution < 1.29 is 13.9 Å². The number of methoxy groups -OCH3 is 1. The zero-order valence-corrected chi connectivity index (χ0v) is 12.5. The summed E-state index contributed by atoms with van der Waals surface area (Å²) >= 11 is 0. The number of carbonyl (C=O) groups is 1. The maximum Gasteiger partial charge on any atom is 0.167 e. The first-order valence-electron chi connectivity index (χ1n) is 7.20. The maximum absolute atomic E-state index is 12.3. The van der Waals surface area contributed by atoms with Crippen molar-refractivity contribution in [3.63, 3.8) is 0 Å². The van der Waals surface area contributed by atoms with Crippen molar-refractivity contribution in [1.29, 1.82) is 0 Å². The standard InChI is InChI=1S/C17H20O3/c1-9(2)14-13(19-4)8-10(3)17-16(14)15-11(18)6-5-7-12(15)20-17/h8-9H,5-7H2,1-4H3. The van der Waals surface area contributed by atoms with Crippen molar-refractivity contribution in [2.24, 2.45) is 0 Å². The van der Waals surface area contributed by atoms with E-state index in [4.69, 9.17) is 9.15 Å². The molecule has 0 atom stereocenters. The molecule has 1 aromatic carbocycles. The summed E-state index contributed by atoms with van der Waals surface area (Å²) in [5.74, 6) is 2.20. The predicted molar refractivity (Wildman–Crippen MR) is 78.9 cm³/mol. The molecule has 1 heterocycles. The van der Waals surface area contributed by atoms with Crippen LogP contribution in [0.2, 0.25) is 0 Å². The Kier molecular flexibility index (Phi) is 3.08. The molecule has 3 rings (SSSR count). The predicted octanol–water partition coefficient (Wildman–Crippen LogP) is 4.39. The number of benzene rings is 1. The Hall–Kier alpha value is -1.77. The minimum atomic E-state index is 0.208. The lowest BCUT2D eigenvalue weighted by molar-refractivity contribution is 0.0971. The van der Waals surface area contributed by atoms with Crippen LogP contribution in [-0.4, -0.2) is 12.9 Å². The molecule has 0 bridgehead atoms. The SMILES string of the molecule is COc1cc(C)c2oc3c(c2c1C(C)C)C(=O)CCC3. The van der Waals surface area contributed by atoms with E-state index < -0.39 is 0 Å². The Labute approximate surface area is 118 Å². The van der Waals surface area contributed by atoms with Gasteiger partial charge in [-0.1, -0.05) is 13.8 Å². The molecule has 1 aromatic heterocycles. The molecule has 0 radical (unpaired) electrons. The third-order valence-corrected chi connectivity index (χ3v) is 4.11. The maximum atomic E-state index is 12.3. The van der Waals surface area contributed by atoms with Crippen LogP contribution >= 0.6 is 0 Å². The van der Waals surface area contributed by atoms with Crippen LogP contribution < -0.4 is 4.74 Å². The molecule has 0 fully saturated rings. The summed E-state index contributed by atoms with van der Waals surface area (Å²) in [5.41, 5.74) is 3.78. The molecule has 106 valence electrons. The normalized spacial score (nSPS) is 14.9. The zero-order chi connectivity index (χ0) is 14.4. The highest BCUT2D eigenvalue weighted by atomic mass is 16.5. The van der Waals surface area contributed by atoms with Crippen LogP contribution in [0, 0.1) is 6.92 Å². The number of carbonyl (C=O) groups excluding carboxylic acids is 1. The van der Waals surface area contributed by atoms with Gasteiger partial charge in [0.1, 0.15) is 17.1 Å². The fourth-order valence-corrected chi connectivity index (χ4v) is 3.22. The van der Waals surface area contributed by atoms with E-state index >= 15 is 0 Å². The van der Waals surface area contributed by atoms with E-state index in [0.29, 0.717) is 6.42 Å². The van der Waals surface area contributed by atoms with Gasteiger partial charge in [-0.05, 0) is 30.9 Å². The molecule has 2 aromatic rings. The molecular formula is C17H20O3. The number of ether oxygens (including phenoxy) is 1. The van der Waals surface area contributed by atoms with Crippen LogP contribution in [0.15, 0.2) is 10.5 Å². The van der Waals surface area contributed by atoms with Gasteiger partial charge in [0.15, 0.2) is 5.78 Å². The highest BCUT2D eigenvalue weighted by Crippen LogP contribution is 2.42. The van der Waals surface area contributed by atoms with Gasteiger partial charge in [-0.25, -0.2) is 0 Å².